The van der Waals surface area contributed by atoms with Crippen LogP contribution in [0.3, 0.4) is 0 Å². The number of unbranched alkanes of at least 4 members (excludes halogenated alkanes) is 13. The van der Waals surface area contributed by atoms with Crippen LogP contribution in [0.1, 0.15) is 110 Å². The third kappa shape index (κ3) is 18.8. The average molecular weight is 523 g/mol. The van der Waals surface area contributed by atoms with E-state index in [0.29, 0.717) is 13.2 Å². The molecule has 1 saturated heterocycles. The van der Waals surface area contributed by atoms with Crippen molar-refractivity contribution in [2.24, 2.45) is 0 Å². The Balaban J connectivity index is 1.94. The number of phosphoric ester groups is 1. The maximum Gasteiger partial charge on any atom is 0.472 e. The molecule has 1 fully saturated rings. The molecule has 0 saturated carbocycles. The largest absolute Gasteiger partial charge is 0.472 e. The Hall–Kier alpha value is -0.0100. The van der Waals surface area contributed by atoms with Crippen molar-refractivity contribution in [2.75, 3.05) is 54.1 Å². The van der Waals surface area contributed by atoms with Gasteiger partial charge in [-0.05, 0) is 6.42 Å². The summed E-state index contributed by atoms with van der Waals surface area (Å²) in [6, 6.07) is 0. The molecule has 210 valence electrons. The van der Waals surface area contributed by atoms with E-state index in [0.717, 1.165) is 36.8 Å². The van der Waals surface area contributed by atoms with Crippen LogP contribution in [-0.2, 0) is 23.1 Å². The predicted octanol–water partition coefficient (Wildman–Crippen LogP) is 6.87. The van der Waals surface area contributed by atoms with E-state index in [1.54, 1.807) is 7.11 Å². The van der Waals surface area contributed by atoms with Crippen molar-refractivity contribution in [3.63, 3.8) is 0 Å². The topological polar surface area (TPSA) is 74.2 Å². The van der Waals surface area contributed by atoms with Gasteiger partial charge in [-0.2, -0.15) is 0 Å². The number of methoxy groups -OCH3 is 1. The van der Waals surface area contributed by atoms with Gasteiger partial charge in [-0.15, -0.1) is 0 Å². The zero-order valence-corrected chi connectivity index (χ0v) is 24.3. The molecule has 0 aliphatic carbocycles. The Kier molecular flexibility index (Phi) is 18.9. The van der Waals surface area contributed by atoms with Gasteiger partial charge in [-0.3, -0.25) is 9.05 Å². The molecule has 1 rings (SSSR count). The molecule has 35 heavy (non-hydrogen) atoms. The number of ether oxygens (including phenoxy) is 2. The highest BCUT2D eigenvalue weighted by atomic mass is 31.2. The SMILES string of the molecule is CCCCCCCCCCCCCCCCOCC(COP(=O)(O)OC1CC[N+](C)(C)CC1)OC. The number of hydrogen-bond acceptors (Lipinski definition) is 5. The molecule has 1 N–H and O–H groups in total. The maximum atomic E-state index is 12.3. The van der Waals surface area contributed by atoms with Gasteiger partial charge in [0.05, 0.1) is 46.5 Å². The minimum atomic E-state index is -4.09. The van der Waals surface area contributed by atoms with Gasteiger partial charge in [0.25, 0.3) is 0 Å². The summed E-state index contributed by atoms with van der Waals surface area (Å²) in [7, 11) is 1.79. The standard InChI is InChI=1S/C27H56NO6P/c1-5-6-7-8-9-10-11-12-13-14-15-16-17-18-23-32-24-27(31-4)25-33-35(29,30)34-26-19-21-28(2,3)22-20-26/h26-27H,5-25H2,1-4H3/p+1. The highest BCUT2D eigenvalue weighted by Gasteiger charge is 2.33. The van der Waals surface area contributed by atoms with E-state index in [4.69, 9.17) is 18.5 Å². The Labute approximate surface area is 216 Å². The molecule has 0 bridgehead atoms. The Morgan fingerprint density at radius 2 is 1.31 bits per heavy atom. The Bertz CT molecular complexity index is 538. The third-order valence-corrected chi connectivity index (χ3v) is 8.14. The summed E-state index contributed by atoms with van der Waals surface area (Å²) >= 11 is 0. The van der Waals surface area contributed by atoms with Crippen LogP contribution in [0, 0.1) is 0 Å². The summed E-state index contributed by atoms with van der Waals surface area (Å²) in [4.78, 5) is 10.1. The fourth-order valence-electron chi connectivity index (χ4n) is 4.54. The van der Waals surface area contributed by atoms with Crippen LogP contribution in [0.2, 0.25) is 0 Å². The van der Waals surface area contributed by atoms with Crippen molar-refractivity contribution in [2.45, 2.75) is 122 Å². The van der Waals surface area contributed by atoms with Gasteiger partial charge in [0.1, 0.15) is 6.10 Å². The molecule has 0 aromatic carbocycles. The molecule has 0 amide bonds. The maximum absolute atomic E-state index is 12.3. The molecule has 0 aromatic heterocycles. The fraction of sp³-hybridized carbons (Fsp3) is 1.00. The molecule has 1 aliphatic rings. The lowest BCUT2D eigenvalue weighted by atomic mass is 10.0. The van der Waals surface area contributed by atoms with E-state index in [1.165, 1.54) is 83.5 Å². The van der Waals surface area contributed by atoms with Gasteiger partial charge in [0.2, 0.25) is 0 Å². The lowest BCUT2D eigenvalue weighted by Crippen LogP contribution is -2.47. The Morgan fingerprint density at radius 3 is 1.80 bits per heavy atom. The van der Waals surface area contributed by atoms with Gasteiger partial charge >= 0.3 is 7.82 Å². The van der Waals surface area contributed by atoms with E-state index in [1.807, 2.05) is 0 Å². The molecule has 1 heterocycles. The molecule has 7 nitrogen and oxygen atoms in total. The molecular formula is C27H57NO6P+. The van der Waals surface area contributed by atoms with Crippen LogP contribution in [0.15, 0.2) is 0 Å². The van der Waals surface area contributed by atoms with Crippen molar-refractivity contribution in [3.8, 4) is 0 Å². The van der Waals surface area contributed by atoms with E-state index in [-0.39, 0.29) is 18.8 Å². The van der Waals surface area contributed by atoms with Crippen molar-refractivity contribution < 1.29 is 32.5 Å². The van der Waals surface area contributed by atoms with E-state index in [2.05, 4.69) is 21.0 Å². The van der Waals surface area contributed by atoms with Crippen LogP contribution in [-0.4, -0.2) is 75.7 Å². The molecule has 0 aromatic rings. The first-order valence-corrected chi connectivity index (χ1v) is 15.9. The molecule has 2 atom stereocenters. The number of likely N-dealkylation sites (tertiary alicyclic amines) is 1. The van der Waals surface area contributed by atoms with Crippen molar-refractivity contribution >= 4 is 7.82 Å². The normalized spacial score (nSPS) is 19.0. The van der Waals surface area contributed by atoms with Crippen LogP contribution < -0.4 is 0 Å². The highest BCUT2D eigenvalue weighted by molar-refractivity contribution is 7.47. The lowest BCUT2D eigenvalue weighted by Gasteiger charge is -2.37. The molecule has 0 spiro atoms. The highest BCUT2D eigenvalue weighted by Crippen LogP contribution is 2.46. The first-order chi connectivity index (χ1) is 16.8. The van der Waals surface area contributed by atoms with Gasteiger partial charge in [0, 0.05) is 26.6 Å². The number of quaternary nitrogens is 1. The van der Waals surface area contributed by atoms with Crippen molar-refractivity contribution in [1.82, 2.24) is 0 Å². The zero-order chi connectivity index (χ0) is 25.8. The molecular weight excluding hydrogens is 465 g/mol. The zero-order valence-electron chi connectivity index (χ0n) is 23.4. The molecule has 2 unspecified atom stereocenters. The Morgan fingerprint density at radius 1 is 0.829 bits per heavy atom. The van der Waals surface area contributed by atoms with Crippen LogP contribution >= 0.6 is 7.82 Å². The van der Waals surface area contributed by atoms with Gasteiger partial charge < -0.3 is 18.9 Å². The van der Waals surface area contributed by atoms with E-state index in [9.17, 15) is 9.46 Å². The second kappa shape index (κ2) is 20.0. The van der Waals surface area contributed by atoms with Crippen LogP contribution in [0.4, 0.5) is 0 Å². The average Bonchev–Trinajstić information content (AvgIpc) is 2.82. The smallest absolute Gasteiger partial charge is 0.379 e. The second-order valence-corrected chi connectivity index (χ2v) is 12.4. The number of hydrogen-bond donors (Lipinski definition) is 1. The second-order valence-electron chi connectivity index (χ2n) is 11.0. The summed E-state index contributed by atoms with van der Waals surface area (Å²) in [5.74, 6) is 0. The van der Waals surface area contributed by atoms with Gasteiger partial charge in [0.15, 0.2) is 0 Å². The molecule has 0 radical (unpaired) electrons. The third-order valence-electron chi connectivity index (χ3n) is 7.10. The summed E-state index contributed by atoms with van der Waals surface area (Å²) in [5.41, 5.74) is 0. The predicted molar refractivity (Wildman–Crippen MR) is 144 cm³/mol. The minimum absolute atomic E-state index is 0.0166. The van der Waals surface area contributed by atoms with Crippen molar-refractivity contribution in [1.29, 1.82) is 0 Å². The van der Waals surface area contributed by atoms with E-state index < -0.39 is 7.82 Å². The van der Waals surface area contributed by atoms with Gasteiger partial charge in [-0.1, -0.05) is 90.4 Å². The monoisotopic (exact) mass is 522 g/mol. The minimum Gasteiger partial charge on any atom is -0.379 e. The summed E-state index contributed by atoms with van der Waals surface area (Å²) in [6.45, 7) is 5.15. The van der Waals surface area contributed by atoms with Gasteiger partial charge in [-0.25, -0.2) is 4.57 Å². The first-order valence-electron chi connectivity index (χ1n) is 14.4. The van der Waals surface area contributed by atoms with Crippen LogP contribution in [0.25, 0.3) is 0 Å². The first kappa shape index (κ1) is 33.0. The van der Waals surface area contributed by atoms with Crippen molar-refractivity contribution in [3.05, 3.63) is 0 Å². The van der Waals surface area contributed by atoms with Crippen LogP contribution in [0.5, 0.6) is 0 Å². The van der Waals surface area contributed by atoms with E-state index >= 15 is 0 Å². The quantitative estimate of drug-likeness (QED) is 0.0896. The molecule has 8 heteroatoms. The summed E-state index contributed by atoms with van der Waals surface area (Å²) < 4.78 is 34.9. The summed E-state index contributed by atoms with van der Waals surface area (Å²) in [6.07, 6.45) is 19.6. The summed E-state index contributed by atoms with van der Waals surface area (Å²) in [5, 5.41) is 0. The number of rotatable bonds is 23. The lowest BCUT2D eigenvalue weighted by molar-refractivity contribution is -0.896. The number of piperidine rings is 1. The molecule has 1 aliphatic heterocycles. The number of phosphoric acid groups is 1. The number of nitrogens with zero attached hydrogens (tertiary/aromatic N) is 1. The fourth-order valence-corrected chi connectivity index (χ4v) is 5.55.